The predicted molar refractivity (Wildman–Crippen MR) is 134 cm³/mol. The number of hydrogen-bond acceptors (Lipinski definition) is 1. The van der Waals surface area contributed by atoms with E-state index < -0.39 is 0 Å². The highest BCUT2D eigenvalue weighted by Crippen LogP contribution is 2.66. The van der Waals surface area contributed by atoms with Gasteiger partial charge in [0.15, 0.2) is 0 Å². The molecule has 6 atom stereocenters. The molecule has 4 aliphatic carbocycles. The minimum Gasteiger partial charge on any atom is -0.393 e. The number of allylic oxidation sites excluding steroid dienone is 4. The second kappa shape index (κ2) is 7.59. The van der Waals surface area contributed by atoms with Crippen LogP contribution in [0.25, 0.3) is 0 Å². The van der Waals surface area contributed by atoms with E-state index in [2.05, 4.69) is 71.9 Å². The molecule has 2 unspecified atom stereocenters. The van der Waals surface area contributed by atoms with Crippen LogP contribution < -0.4 is 0 Å². The van der Waals surface area contributed by atoms with Crippen molar-refractivity contribution in [3.05, 3.63) is 58.2 Å². The molecule has 1 aromatic rings. The van der Waals surface area contributed by atoms with E-state index in [0.29, 0.717) is 17.3 Å². The fourth-order valence-electron chi connectivity index (χ4n) is 8.90. The van der Waals surface area contributed by atoms with Gasteiger partial charge < -0.3 is 5.11 Å². The van der Waals surface area contributed by atoms with E-state index >= 15 is 0 Å². The van der Waals surface area contributed by atoms with Crippen LogP contribution >= 0.6 is 0 Å². The summed E-state index contributed by atoms with van der Waals surface area (Å²) in [5.74, 6) is 2.06. The summed E-state index contributed by atoms with van der Waals surface area (Å²) in [5, 5.41) is 10.8. The summed E-state index contributed by atoms with van der Waals surface area (Å²) in [7, 11) is 0. The Labute approximate surface area is 196 Å². The average Bonchev–Trinajstić information content (AvgIpc) is 3.10. The van der Waals surface area contributed by atoms with Crippen LogP contribution in [0.3, 0.4) is 0 Å². The Morgan fingerprint density at radius 1 is 1.00 bits per heavy atom. The first-order valence-corrected chi connectivity index (χ1v) is 13.2. The van der Waals surface area contributed by atoms with Crippen molar-refractivity contribution in [3.63, 3.8) is 0 Å². The highest BCUT2D eigenvalue weighted by atomic mass is 16.3. The van der Waals surface area contributed by atoms with Crippen molar-refractivity contribution >= 4 is 0 Å². The van der Waals surface area contributed by atoms with Gasteiger partial charge in [0.1, 0.15) is 0 Å². The van der Waals surface area contributed by atoms with Crippen molar-refractivity contribution in [1.29, 1.82) is 0 Å². The lowest BCUT2D eigenvalue weighted by Crippen LogP contribution is -2.53. The second-order valence-corrected chi connectivity index (χ2v) is 12.8. The molecule has 1 nitrogen and oxygen atoms in total. The standard InChI is InChI=1S/C31H44O/c1-20-9-7-8-10-22(20)19-21(2)24-12-13-25-23-11-14-27-29(3,4)28(32)16-18-31(27,6)26(23)15-17-30(24,25)5/h7-10,13,21,24,27-28,32H,11-12,14-19H2,1-6H3/t21-,24-,27?,28?,30-,31-/m1/s1. The fourth-order valence-corrected chi connectivity index (χ4v) is 8.90. The lowest BCUT2D eigenvalue weighted by atomic mass is 9.46. The predicted octanol–water partition coefficient (Wildman–Crippen LogP) is 7.81. The van der Waals surface area contributed by atoms with E-state index in [9.17, 15) is 5.11 Å². The van der Waals surface area contributed by atoms with Gasteiger partial charge in [0, 0.05) is 0 Å². The number of rotatable bonds is 3. The molecule has 0 bridgehead atoms. The Kier molecular flexibility index (Phi) is 5.32. The molecule has 0 radical (unpaired) electrons. The van der Waals surface area contributed by atoms with Crippen molar-refractivity contribution in [2.75, 3.05) is 0 Å². The van der Waals surface area contributed by atoms with Gasteiger partial charge in [0.2, 0.25) is 0 Å². The summed E-state index contributed by atoms with van der Waals surface area (Å²) in [6.45, 7) is 14.6. The first-order valence-electron chi connectivity index (χ1n) is 13.2. The molecule has 32 heavy (non-hydrogen) atoms. The van der Waals surface area contributed by atoms with Gasteiger partial charge in [-0.05, 0) is 115 Å². The molecule has 0 aromatic heterocycles. The third-order valence-electron chi connectivity index (χ3n) is 10.9. The SMILES string of the molecule is Cc1ccccc1C[C@@H](C)[C@H]1CC=C2C3=C(CC[C@@]21C)[C@@]1(C)CCC(O)C(C)(C)C1CC3. The first-order chi connectivity index (χ1) is 15.1. The quantitative estimate of drug-likeness (QED) is 0.516. The Hall–Kier alpha value is -1.34. The van der Waals surface area contributed by atoms with Crippen molar-refractivity contribution in [3.8, 4) is 0 Å². The molecule has 0 amide bonds. The van der Waals surface area contributed by atoms with Gasteiger partial charge in [-0.25, -0.2) is 0 Å². The topological polar surface area (TPSA) is 20.2 Å². The molecule has 0 spiro atoms. The minimum absolute atomic E-state index is 0.0287. The maximum atomic E-state index is 10.8. The summed E-state index contributed by atoms with van der Waals surface area (Å²) < 4.78 is 0. The fraction of sp³-hybridized carbons (Fsp3) is 0.677. The average molecular weight is 433 g/mol. The highest BCUT2D eigenvalue weighted by molar-refractivity contribution is 5.50. The third-order valence-corrected chi connectivity index (χ3v) is 10.9. The lowest BCUT2D eigenvalue weighted by molar-refractivity contribution is -0.0905. The number of aliphatic hydroxyl groups is 1. The van der Waals surface area contributed by atoms with E-state index in [0.717, 1.165) is 18.8 Å². The molecular weight excluding hydrogens is 388 g/mol. The van der Waals surface area contributed by atoms with Crippen molar-refractivity contribution < 1.29 is 5.11 Å². The summed E-state index contributed by atoms with van der Waals surface area (Å²) in [6, 6.07) is 8.97. The molecule has 5 rings (SSSR count). The van der Waals surface area contributed by atoms with Crippen LogP contribution in [0.5, 0.6) is 0 Å². The van der Waals surface area contributed by atoms with Gasteiger partial charge in [0.05, 0.1) is 6.10 Å². The molecule has 0 aliphatic heterocycles. The molecule has 1 heteroatoms. The summed E-state index contributed by atoms with van der Waals surface area (Å²) in [4.78, 5) is 0. The second-order valence-electron chi connectivity index (χ2n) is 12.8. The zero-order valence-corrected chi connectivity index (χ0v) is 21.3. The van der Waals surface area contributed by atoms with Gasteiger partial charge in [0.25, 0.3) is 0 Å². The van der Waals surface area contributed by atoms with E-state index in [1.165, 1.54) is 49.7 Å². The molecule has 174 valence electrons. The largest absolute Gasteiger partial charge is 0.393 e. The molecule has 1 saturated carbocycles. The Balaban J connectivity index is 1.44. The monoisotopic (exact) mass is 432 g/mol. The molecular formula is C31H44O. The molecule has 1 fully saturated rings. The zero-order chi connectivity index (χ0) is 22.9. The van der Waals surface area contributed by atoms with E-state index in [4.69, 9.17) is 0 Å². The van der Waals surface area contributed by atoms with Crippen LogP contribution in [0, 0.1) is 40.9 Å². The van der Waals surface area contributed by atoms with Crippen LogP contribution in [0.1, 0.15) is 90.7 Å². The van der Waals surface area contributed by atoms with Crippen LogP contribution in [-0.2, 0) is 6.42 Å². The van der Waals surface area contributed by atoms with Crippen LogP contribution in [-0.4, -0.2) is 11.2 Å². The number of benzene rings is 1. The third kappa shape index (κ3) is 3.13. The number of hydrogen-bond donors (Lipinski definition) is 1. The summed E-state index contributed by atoms with van der Waals surface area (Å²) in [6.07, 6.45) is 12.1. The first kappa shape index (κ1) is 22.5. The van der Waals surface area contributed by atoms with E-state index in [1.54, 1.807) is 16.7 Å². The zero-order valence-electron chi connectivity index (χ0n) is 21.3. The molecule has 1 N–H and O–H groups in total. The lowest BCUT2D eigenvalue weighted by Gasteiger charge is -2.59. The van der Waals surface area contributed by atoms with E-state index in [-0.39, 0.29) is 16.9 Å². The van der Waals surface area contributed by atoms with Crippen molar-refractivity contribution in [1.82, 2.24) is 0 Å². The Bertz CT molecular complexity index is 964. The number of fused-ring (bicyclic) bond motifs is 4. The van der Waals surface area contributed by atoms with Gasteiger partial charge in [-0.15, -0.1) is 0 Å². The van der Waals surface area contributed by atoms with Crippen LogP contribution in [0.4, 0.5) is 0 Å². The molecule has 4 aliphatic rings. The van der Waals surface area contributed by atoms with Gasteiger partial charge in [-0.3, -0.25) is 0 Å². The molecule has 1 aromatic carbocycles. The maximum absolute atomic E-state index is 10.8. The minimum atomic E-state index is -0.144. The van der Waals surface area contributed by atoms with Crippen LogP contribution in [0.15, 0.2) is 47.1 Å². The summed E-state index contributed by atoms with van der Waals surface area (Å²) >= 11 is 0. The smallest absolute Gasteiger partial charge is 0.0594 e. The van der Waals surface area contributed by atoms with Crippen LogP contribution in [0.2, 0.25) is 0 Å². The van der Waals surface area contributed by atoms with Crippen molar-refractivity contribution in [2.45, 2.75) is 99.0 Å². The number of aliphatic hydroxyl groups excluding tert-OH is 1. The number of aryl methyl sites for hydroxylation is 1. The van der Waals surface area contributed by atoms with Crippen molar-refractivity contribution in [2.24, 2.45) is 34.0 Å². The summed E-state index contributed by atoms with van der Waals surface area (Å²) in [5.41, 5.74) is 8.88. The Morgan fingerprint density at radius 2 is 1.75 bits per heavy atom. The van der Waals surface area contributed by atoms with Gasteiger partial charge >= 0.3 is 0 Å². The normalized spacial score (nSPS) is 39.1. The Morgan fingerprint density at radius 3 is 2.50 bits per heavy atom. The van der Waals surface area contributed by atoms with Gasteiger partial charge in [-0.1, -0.05) is 70.5 Å². The maximum Gasteiger partial charge on any atom is 0.0594 e. The van der Waals surface area contributed by atoms with E-state index in [1.807, 2.05) is 0 Å². The molecule has 0 heterocycles. The highest BCUT2D eigenvalue weighted by Gasteiger charge is 2.57. The molecule has 0 saturated heterocycles. The van der Waals surface area contributed by atoms with Gasteiger partial charge in [-0.2, -0.15) is 0 Å².